The molecule has 1 N–H and O–H groups in total. The molecule has 0 spiro atoms. The first kappa shape index (κ1) is 13.7. The summed E-state index contributed by atoms with van der Waals surface area (Å²) in [6.07, 6.45) is 0. The van der Waals surface area contributed by atoms with Crippen LogP contribution >= 0.6 is 38.6 Å². The molecule has 0 aromatic carbocycles. The van der Waals surface area contributed by atoms with Crippen LogP contribution in [-0.2, 0) is 16.1 Å². The van der Waals surface area contributed by atoms with Crippen molar-refractivity contribution in [1.82, 2.24) is 5.32 Å². The van der Waals surface area contributed by atoms with E-state index in [1.54, 1.807) is 11.3 Å². The maximum Gasteiger partial charge on any atom is 0.328 e. The molecule has 2 aromatic rings. The number of methoxy groups -OCH3 is 1. The molecular formula is C12H12BrNO2S2. The van der Waals surface area contributed by atoms with Gasteiger partial charge in [-0.1, -0.05) is 6.07 Å². The predicted octanol–water partition coefficient (Wildman–Crippen LogP) is 3.58. The summed E-state index contributed by atoms with van der Waals surface area (Å²) in [5.74, 6) is -0.269. The van der Waals surface area contributed by atoms with Gasteiger partial charge in [-0.05, 0) is 38.8 Å². The van der Waals surface area contributed by atoms with Crippen molar-refractivity contribution in [2.24, 2.45) is 0 Å². The minimum atomic E-state index is -0.425. The van der Waals surface area contributed by atoms with Gasteiger partial charge >= 0.3 is 5.97 Å². The fourth-order valence-corrected chi connectivity index (χ4v) is 3.85. The van der Waals surface area contributed by atoms with Gasteiger partial charge in [-0.3, -0.25) is 5.32 Å². The van der Waals surface area contributed by atoms with Crippen molar-refractivity contribution in [3.05, 3.63) is 43.2 Å². The normalized spacial score (nSPS) is 12.3. The highest BCUT2D eigenvalue weighted by Crippen LogP contribution is 2.30. The Morgan fingerprint density at radius 3 is 2.83 bits per heavy atom. The Bertz CT molecular complexity index is 510. The van der Waals surface area contributed by atoms with E-state index in [1.807, 2.05) is 29.0 Å². The number of carbonyl (C=O) groups is 1. The molecule has 6 heteroatoms. The van der Waals surface area contributed by atoms with Crippen molar-refractivity contribution >= 4 is 44.6 Å². The van der Waals surface area contributed by atoms with Gasteiger partial charge in [0, 0.05) is 20.8 Å². The third-order valence-corrected chi connectivity index (χ3v) is 5.22. The van der Waals surface area contributed by atoms with E-state index in [4.69, 9.17) is 4.74 Å². The van der Waals surface area contributed by atoms with E-state index in [-0.39, 0.29) is 5.97 Å². The van der Waals surface area contributed by atoms with E-state index < -0.39 is 6.04 Å². The van der Waals surface area contributed by atoms with Gasteiger partial charge < -0.3 is 4.74 Å². The van der Waals surface area contributed by atoms with Crippen LogP contribution < -0.4 is 5.32 Å². The Morgan fingerprint density at radius 1 is 1.44 bits per heavy atom. The largest absolute Gasteiger partial charge is 0.468 e. The zero-order valence-electron chi connectivity index (χ0n) is 9.68. The van der Waals surface area contributed by atoms with E-state index in [0.717, 1.165) is 9.35 Å². The SMILES string of the molecule is COC(=O)C(NCc1cccs1)c1sccc1Br. The second-order valence-electron chi connectivity index (χ2n) is 3.55. The summed E-state index contributed by atoms with van der Waals surface area (Å²) >= 11 is 6.64. The molecule has 2 aromatic heterocycles. The van der Waals surface area contributed by atoms with Crippen LogP contribution in [0.5, 0.6) is 0 Å². The van der Waals surface area contributed by atoms with Gasteiger partial charge in [0.1, 0.15) is 6.04 Å². The lowest BCUT2D eigenvalue weighted by Gasteiger charge is -2.15. The number of carbonyl (C=O) groups excluding carboxylic acids is 1. The predicted molar refractivity (Wildman–Crippen MR) is 77.9 cm³/mol. The Balaban J connectivity index is 2.11. The summed E-state index contributed by atoms with van der Waals surface area (Å²) < 4.78 is 5.78. The van der Waals surface area contributed by atoms with Gasteiger partial charge in [-0.2, -0.15) is 0 Å². The van der Waals surface area contributed by atoms with Crippen molar-refractivity contribution < 1.29 is 9.53 Å². The minimum absolute atomic E-state index is 0.269. The van der Waals surface area contributed by atoms with Crippen molar-refractivity contribution in [2.45, 2.75) is 12.6 Å². The summed E-state index contributed by atoms with van der Waals surface area (Å²) in [5.41, 5.74) is 0. The third kappa shape index (κ3) is 3.20. The molecule has 18 heavy (non-hydrogen) atoms. The topological polar surface area (TPSA) is 38.3 Å². The molecule has 0 radical (unpaired) electrons. The molecule has 0 amide bonds. The molecule has 2 rings (SSSR count). The zero-order valence-corrected chi connectivity index (χ0v) is 12.9. The van der Waals surface area contributed by atoms with Gasteiger partial charge in [0.25, 0.3) is 0 Å². The van der Waals surface area contributed by atoms with Crippen LogP contribution in [0.15, 0.2) is 33.4 Å². The van der Waals surface area contributed by atoms with E-state index in [2.05, 4.69) is 21.2 Å². The Labute approximate surface area is 122 Å². The molecule has 0 aliphatic heterocycles. The summed E-state index contributed by atoms with van der Waals surface area (Å²) in [6.45, 7) is 0.655. The number of hydrogen-bond donors (Lipinski definition) is 1. The molecule has 2 heterocycles. The lowest BCUT2D eigenvalue weighted by Crippen LogP contribution is -2.28. The lowest BCUT2D eigenvalue weighted by atomic mass is 10.2. The van der Waals surface area contributed by atoms with Crippen molar-refractivity contribution in [3.63, 3.8) is 0 Å². The molecule has 3 nitrogen and oxygen atoms in total. The van der Waals surface area contributed by atoms with Gasteiger partial charge in [-0.15, -0.1) is 22.7 Å². The monoisotopic (exact) mass is 345 g/mol. The van der Waals surface area contributed by atoms with Crippen LogP contribution in [-0.4, -0.2) is 13.1 Å². The highest BCUT2D eigenvalue weighted by Gasteiger charge is 2.24. The number of hydrogen-bond acceptors (Lipinski definition) is 5. The van der Waals surface area contributed by atoms with Crippen LogP contribution in [0.2, 0.25) is 0 Å². The highest BCUT2D eigenvalue weighted by atomic mass is 79.9. The number of nitrogens with one attached hydrogen (secondary N) is 1. The van der Waals surface area contributed by atoms with E-state index >= 15 is 0 Å². The molecule has 0 saturated heterocycles. The first-order valence-electron chi connectivity index (χ1n) is 5.29. The molecule has 0 fully saturated rings. The molecule has 1 atom stereocenters. The second-order valence-corrected chi connectivity index (χ2v) is 6.38. The number of esters is 1. The molecule has 0 saturated carbocycles. The van der Waals surface area contributed by atoms with Gasteiger partial charge in [0.05, 0.1) is 7.11 Å². The van der Waals surface area contributed by atoms with Gasteiger partial charge in [0.2, 0.25) is 0 Å². The Morgan fingerprint density at radius 2 is 2.28 bits per heavy atom. The summed E-state index contributed by atoms with van der Waals surface area (Å²) in [7, 11) is 1.41. The number of rotatable bonds is 5. The first-order valence-corrected chi connectivity index (χ1v) is 7.84. The first-order chi connectivity index (χ1) is 8.72. The molecule has 0 aliphatic carbocycles. The standard InChI is InChI=1S/C12H12BrNO2S2/c1-16-12(15)10(11-9(13)4-6-18-11)14-7-8-3-2-5-17-8/h2-6,10,14H,7H2,1H3. The molecule has 1 unspecified atom stereocenters. The van der Waals surface area contributed by atoms with Crippen molar-refractivity contribution in [1.29, 1.82) is 0 Å². The smallest absolute Gasteiger partial charge is 0.328 e. The van der Waals surface area contributed by atoms with Crippen LogP contribution in [0, 0.1) is 0 Å². The quantitative estimate of drug-likeness (QED) is 0.841. The van der Waals surface area contributed by atoms with E-state index in [9.17, 15) is 4.79 Å². The Kier molecular flexibility index (Phi) is 4.94. The van der Waals surface area contributed by atoms with Gasteiger partial charge in [-0.25, -0.2) is 4.79 Å². The van der Waals surface area contributed by atoms with E-state index in [0.29, 0.717) is 6.54 Å². The van der Waals surface area contributed by atoms with Crippen LogP contribution in [0.25, 0.3) is 0 Å². The third-order valence-electron chi connectivity index (χ3n) is 2.40. The second kappa shape index (κ2) is 6.47. The molecular weight excluding hydrogens is 334 g/mol. The molecule has 0 aliphatic rings. The fraction of sp³-hybridized carbons (Fsp3) is 0.250. The lowest BCUT2D eigenvalue weighted by molar-refractivity contribution is -0.143. The summed E-state index contributed by atoms with van der Waals surface area (Å²) in [4.78, 5) is 14.0. The maximum atomic E-state index is 11.8. The Hall–Kier alpha value is -0.690. The van der Waals surface area contributed by atoms with Crippen molar-refractivity contribution in [2.75, 3.05) is 7.11 Å². The average molecular weight is 346 g/mol. The molecule has 0 bridgehead atoms. The van der Waals surface area contributed by atoms with Crippen molar-refractivity contribution in [3.8, 4) is 0 Å². The van der Waals surface area contributed by atoms with Crippen LogP contribution in [0.1, 0.15) is 15.8 Å². The fourth-order valence-electron chi connectivity index (χ4n) is 1.53. The van der Waals surface area contributed by atoms with Crippen LogP contribution in [0.3, 0.4) is 0 Å². The summed E-state index contributed by atoms with van der Waals surface area (Å²) in [6, 6.07) is 5.54. The van der Waals surface area contributed by atoms with Crippen LogP contribution in [0.4, 0.5) is 0 Å². The number of ether oxygens (including phenoxy) is 1. The summed E-state index contributed by atoms with van der Waals surface area (Å²) in [5, 5.41) is 7.20. The average Bonchev–Trinajstić information content (AvgIpc) is 3.01. The number of halogens is 1. The number of thiophene rings is 2. The zero-order chi connectivity index (χ0) is 13.0. The molecule has 96 valence electrons. The van der Waals surface area contributed by atoms with E-state index in [1.165, 1.54) is 23.3 Å². The van der Waals surface area contributed by atoms with Gasteiger partial charge in [0.15, 0.2) is 0 Å². The minimum Gasteiger partial charge on any atom is -0.468 e. The highest BCUT2D eigenvalue weighted by molar-refractivity contribution is 9.10. The maximum absolute atomic E-state index is 11.8.